The molecular formula is C19H17N2NaO9S. The summed E-state index contributed by atoms with van der Waals surface area (Å²) in [7, 11) is -5.02. The zero-order chi connectivity index (χ0) is 22.8. The Kier molecular flexibility index (Phi) is 8.48. The van der Waals surface area contributed by atoms with Gasteiger partial charge in [0.25, 0.3) is 23.6 Å². The number of hydrogen-bond donors (Lipinski definition) is 0. The van der Waals surface area contributed by atoms with Crippen LogP contribution in [0.2, 0.25) is 0 Å². The molecule has 2 aliphatic rings. The van der Waals surface area contributed by atoms with Crippen molar-refractivity contribution in [1.82, 2.24) is 9.96 Å². The molecule has 1 atom stereocenters. The molecule has 1 saturated heterocycles. The summed E-state index contributed by atoms with van der Waals surface area (Å²) >= 11 is 0. The van der Waals surface area contributed by atoms with Gasteiger partial charge in [0.2, 0.25) is 0 Å². The van der Waals surface area contributed by atoms with Crippen LogP contribution in [-0.2, 0) is 51.9 Å². The molecule has 4 amide bonds. The van der Waals surface area contributed by atoms with Gasteiger partial charge in [-0.15, -0.1) is 5.06 Å². The second kappa shape index (κ2) is 10.5. The maximum absolute atomic E-state index is 11.9. The molecule has 164 valence electrons. The minimum absolute atomic E-state index is 0. The van der Waals surface area contributed by atoms with Gasteiger partial charge in [0.05, 0.1) is 13.0 Å². The maximum atomic E-state index is 11.9. The van der Waals surface area contributed by atoms with E-state index in [1.165, 1.54) is 12.2 Å². The molecule has 1 aromatic carbocycles. The molecule has 1 unspecified atom stereocenters. The van der Waals surface area contributed by atoms with Gasteiger partial charge >= 0.3 is 35.5 Å². The number of hydroxylamine groups is 2. The van der Waals surface area contributed by atoms with Crippen LogP contribution in [0.25, 0.3) is 0 Å². The third kappa shape index (κ3) is 6.11. The molecule has 11 nitrogen and oxygen atoms in total. The fraction of sp³-hybridized carbons (Fsp3) is 0.316. The summed E-state index contributed by atoms with van der Waals surface area (Å²) in [5, 5.41) is -2.04. The summed E-state index contributed by atoms with van der Waals surface area (Å²) in [6.45, 7) is 0.148. The normalized spacial score (nSPS) is 18.3. The fourth-order valence-electron chi connectivity index (χ4n) is 3.07. The first-order valence-corrected chi connectivity index (χ1v) is 10.7. The van der Waals surface area contributed by atoms with Gasteiger partial charge in [-0.25, -0.2) is 13.2 Å². The molecule has 13 heteroatoms. The average molecular weight is 472 g/mol. The standard InChI is InChI=1S/C19H18N2O9S.Na/c22-15-8-9-16(23)20(15)11-13-6-4-12(5-7-13)2-1-3-18(25)30-21-17(24)10-14(19(21)26)31(27,28)29;/h4-9,14H,1-3,10-11H2,(H,27,28,29);/q;+1/p-1. The smallest absolute Gasteiger partial charge is 0.747 e. The Hall–Kier alpha value is -2.38. The SMILES string of the molecule is O=C(CCCc1ccc(CN2C(=O)C=CC2=O)cc1)ON1C(=O)CC(S(=O)(=O)[O-])C1=O.[Na+]. The van der Waals surface area contributed by atoms with Gasteiger partial charge in [-0.2, -0.15) is 0 Å². The molecule has 2 heterocycles. The first-order chi connectivity index (χ1) is 14.6. The van der Waals surface area contributed by atoms with E-state index < -0.39 is 39.6 Å². The fourth-order valence-corrected chi connectivity index (χ4v) is 3.76. The Bertz CT molecular complexity index is 1060. The molecule has 0 bridgehead atoms. The van der Waals surface area contributed by atoms with E-state index in [1.807, 2.05) is 0 Å². The van der Waals surface area contributed by atoms with Crippen LogP contribution in [0.15, 0.2) is 36.4 Å². The number of carbonyl (C=O) groups is 5. The summed E-state index contributed by atoms with van der Waals surface area (Å²) in [5.41, 5.74) is 1.61. The average Bonchev–Trinajstić information content (AvgIpc) is 3.17. The first-order valence-electron chi connectivity index (χ1n) is 9.20. The van der Waals surface area contributed by atoms with E-state index >= 15 is 0 Å². The van der Waals surface area contributed by atoms with Crippen molar-refractivity contribution in [2.75, 3.05) is 0 Å². The van der Waals surface area contributed by atoms with Crippen LogP contribution in [0.5, 0.6) is 0 Å². The molecule has 0 aliphatic carbocycles. The molecule has 1 fully saturated rings. The number of imide groups is 2. The molecular weight excluding hydrogens is 455 g/mol. The van der Waals surface area contributed by atoms with E-state index in [4.69, 9.17) is 0 Å². The third-order valence-electron chi connectivity index (χ3n) is 4.71. The van der Waals surface area contributed by atoms with Gasteiger partial charge < -0.3 is 9.39 Å². The zero-order valence-corrected chi connectivity index (χ0v) is 19.9. The molecule has 0 N–H and O–H groups in total. The number of amides is 4. The predicted octanol–water partition coefficient (Wildman–Crippen LogP) is -3.43. The van der Waals surface area contributed by atoms with Crippen LogP contribution in [0.3, 0.4) is 0 Å². The van der Waals surface area contributed by atoms with E-state index in [2.05, 4.69) is 4.84 Å². The molecule has 0 aromatic heterocycles. The van der Waals surface area contributed by atoms with Crippen molar-refractivity contribution in [3.8, 4) is 0 Å². The van der Waals surface area contributed by atoms with Crippen molar-refractivity contribution in [3.05, 3.63) is 47.5 Å². The van der Waals surface area contributed by atoms with E-state index in [1.54, 1.807) is 24.3 Å². The third-order valence-corrected chi connectivity index (χ3v) is 5.78. The van der Waals surface area contributed by atoms with Gasteiger partial charge in [-0.1, -0.05) is 24.3 Å². The van der Waals surface area contributed by atoms with Crippen molar-refractivity contribution >= 4 is 39.7 Å². The molecule has 2 aliphatic heterocycles. The van der Waals surface area contributed by atoms with Crippen molar-refractivity contribution in [2.45, 2.75) is 37.5 Å². The monoisotopic (exact) mass is 472 g/mol. The van der Waals surface area contributed by atoms with Crippen LogP contribution < -0.4 is 29.6 Å². The Morgan fingerprint density at radius 2 is 1.59 bits per heavy atom. The second-order valence-electron chi connectivity index (χ2n) is 6.94. The largest absolute Gasteiger partial charge is 1.00 e. The van der Waals surface area contributed by atoms with Crippen molar-refractivity contribution in [3.63, 3.8) is 0 Å². The first kappa shape index (κ1) is 25.9. The summed E-state index contributed by atoms with van der Waals surface area (Å²) in [6.07, 6.45) is 2.17. The minimum Gasteiger partial charge on any atom is -0.747 e. The van der Waals surface area contributed by atoms with Crippen molar-refractivity contribution < 1.29 is 71.3 Å². The van der Waals surface area contributed by atoms with Gasteiger partial charge in [0.1, 0.15) is 15.4 Å². The topological polar surface area (TPSA) is 158 Å². The number of hydrogen-bond acceptors (Lipinski definition) is 9. The van der Waals surface area contributed by atoms with Crippen molar-refractivity contribution in [1.29, 1.82) is 0 Å². The number of rotatable bonds is 8. The molecule has 32 heavy (non-hydrogen) atoms. The van der Waals surface area contributed by atoms with Crippen LogP contribution in [-0.4, -0.2) is 57.8 Å². The van der Waals surface area contributed by atoms with Gasteiger partial charge in [-0.3, -0.25) is 24.1 Å². The molecule has 0 saturated carbocycles. The molecule has 1 aromatic rings. The summed E-state index contributed by atoms with van der Waals surface area (Å²) in [4.78, 5) is 64.2. The van der Waals surface area contributed by atoms with Crippen LogP contribution in [0.4, 0.5) is 0 Å². The van der Waals surface area contributed by atoms with Crippen molar-refractivity contribution in [2.24, 2.45) is 0 Å². The van der Waals surface area contributed by atoms with E-state index in [-0.39, 0.29) is 59.4 Å². The number of carbonyl (C=O) groups excluding carboxylic acids is 5. The Morgan fingerprint density at radius 1 is 1.03 bits per heavy atom. The molecule has 3 rings (SSSR count). The minimum atomic E-state index is -5.02. The molecule has 0 radical (unpaired) electrons. The Morgan fingerprint density at radius 3 is 2.12 bits per heavy atom. The predicted molar refractivity (Wildman–Crippen MR) is 100 cm³/mol. The van der Waals surface area contributed by atoms with Gasteiger partial charge in [0, 0.05) is 18.6 Å². The van der Waals surface area contributed by atoms with Crippen LogP contribution >= 0.6 is 0 Å². The number of aryl methyl sites for hydroxylation is 1. The van der Waals surface area contributed by atoms with Crippen LogP contribution in [0, 0.1) is 0 Å². The van der Waals surface area contributed by atoms with E-state index in [0.29, 0.717) is 12.8 Å². The van der Waals surface area contributed by atoms with Crippen LogP contribution in [0.1, 0.15) is 30.4 Å². The summed E-state index contributed by atoms with van der Waals surface area (Å²) < 4.78 is 32.9. The maximum Gasteiger partial charge on any atom is 1.00 e. The number of nitrogens with zero attached hydrogens (tertiary/aromatic N) is 2. The van der Waals surface area contributed by atoms with E-state index in [0.717, 1.165) is 16.0 Å². The van der Waals surface area contributed by atoms with Gasteiger partial charge in [0.15, 0.2) is 0 Å². The number of benzene rings is 1. The van der Waals surface area contributed by atoms with E-state index in [9.17, 15) is 36.9 Å². The Balaban J connectivity index is 0.00000363. The second-order valence-corrected chi connectivity index (χ2v) is 8.50. The Labute approximate surface area is 205 Å². The zero-order valence-electron chi connectivity index (χ0n) is 17.1. The summed E-state index contributed by atoms with van der Waals surface area (Å²) in [5.74, 6) is -4.10. The molecule has 0 spiro atoms. The van der Waals surface area contributed by atoms with Gasteiger partial charge in [-0.05, 0) is 24.0 Å². The summed E-state index contributed by atoms with van der Waals surface area (Å²) in [6, 6.07) is 7.04. The quantitative estimate of drug-likeness (QED) is 0.213.